The summed E-state index contributed by atoms with van der Waals surface area (Å²) in [6.45, 7) is 3.90. The van der Waals surface area contributed by atoms with Crippen LogP contribution < -0.4 is 5.32 Å². The van der Waals surface area contributed by atoms with E-state index in [1.54, 1.807) is 6.92 Å². The Morgan fingerprint density at radius 3 is 2.64 bits per heavy atom. The zero-order valence-electron chi connectivity index (χ0n) is 14.5. The minimum Gasteiger partial charge on any atom is -0.479 e. The molecule has 1 saturated heterocycles. The average Bonchev–Trinajstić information content (AvgIpc) is 2.60. The summed E-state index contributed by atoms with van der Waals surface area (Å²) in [4.78, 5) is 24.1. The quantitative estimate of drug-likeness (QED) is 0.785. The number of carbonyl (C=O) groups excluding carboxylic acids is 1. The minimum absolute atomic E-state index is 0.0352. The number of hydrogen-bond donors (Lipinski definition) is 2. The predicted molar refractivity (Wildman–Crippen MR) is 88.5 cm³/mol. The third-order valence-electron chi connectivity index (χ3n) is 4.40. The second-order valence-electron chi connectivity index (χ2n) is 6.39. The van der Waals surface area contributed by atoms with Crippen molar-refractivity contribution in [2.75, 3.05) is 13.2 Å². The van der Waals surface area contributed by atoms with E-state index in [1.807, 2.05) is 0 Å². The lowest BCUT2D eigenvalue weighted by atomic mass is 9.91. The van der Waals surface area contributed by atoms with Crippen LogP contribution in [0.15, 0.2) is 24.3 Å². The molecule has 1 fully saturated rings. The molecular formula is C18H24FNO5. The molecule has 25 heavy (non-hydrogen) atoms. The number of hydrogen-bond acceptors (Lipinski definition) is 4. The maximum Gasteiger partial charge on any atom is 0.333 e. The van der Waals surface area contributed by atoms with Crippen molar-refractivity contribution in [2.24, 2.45) is 0 Å². The fourth-order valence-electron chi connectivity index (χ4n) is 2.65. The first-order valence-electron chi connectivity index (χ1n) is 8.37. The van der Waals surface area contributed by atoms with E-state index < -0.39 is 29.3 Å². The van der Waals surface area contributed by atoms with Crippen LogP contribution in [0, 0.1) is 5.82 Å². The van der Waals surface area contributed by atoms with Gasteiger partial charge in [-0.1, -0.05) is 12.1 Å². The number of carboxylic acid groups (broad SMARTS) is 1. The van der Waals surface area contributed by atoms with Gasteiger partial charge in [0.1, 0.15) is 11.9 Å². The van der Waals surface area contributed by atoms with E-state index in [1.165, 1.54) is 19.1 Å². The van der Waals surface area contributed by atoms with Crippen LogP contribution in [0.2, 0.25) is 0 Å². The highest BCUT2D eigenvalue weighted by molar-refractivity contribution is 5.89. The standard InChI is InChI=1S/C18H24FNO5/c1-12(25-11-15-5-3-4-10-24-15)16(21)20-18(2,17(22)23)13-6-8-14(19)9-7-13/h6-9,12,15H,3-5,10-11H2,1-2H3,(H,20,21)(H,22,23). The van der Waals surface area contributed by atoms with E-state index in [0.717, 1.165) is 31.4 Å². The van der Waals surface area contributed by atoms with Gasteiger partial charge in [0.25, 0.3) is 0 Å². The molecule has 1 amide bonds. The van der Waals surface area contributed by atoms with Crippen molar-refractivity contribution in [1.82, 2.24) is 5.32 Å². The number of nitrogens with one attached hydrogen (secondary N) is 1. The van der Waals surface area contributed by atoms with Crippen molar-refractivity contribution in [1.29, 1.82) is 0 Å². The van der Waals surface area contributed by atoms with Gasteiger partial charge in [0.05, 0.1) is 12.7 Å². The largest absolute Gasteiger partial charge is 0.479 e. The van der Waals surface area contributed by atoms with E-state index in [0.29, 0.717) is 6.61 Å². The highest BCUT2D eigenvalue weighted by atomic mass is 19.1. The van der Waals surface area contributed by atoms with Crippen molar-refractivity contribution < 1.29 is 28.6 Å². The van der Waals surface area contributed by atoms with Crippen LogP contribution >= 0.6 is 0 Å². The van der Waals surface area contributed by atoms with Gasteiger partial charge >= 0.3 is 5.97 Å². The number of carbonyl (C=O) groups is 2. The summed E-state index contributed by atoms with van der Waals surface area (Å²) >= 11 is 0. The first-order valence-corrected chi connectivity index (χ1v) is 8.37. The minimum atomic E-state index is -1.68. The number of amides is 1. The van der Waals surface area contributed by atoms with Crippen LogP contribution in [0.3, 0.4) is 0 Å². The molecule has 0 radical (unpaired) electrons. The monoisotopic (exact) mass is 353 g/mol. The Kier molecular flexibility index (Phi) is 6.50. The van der Waals surface area contributed by atoms with Crippen molar-refractivity contribution >= 4 is 11.9 Å². The Labute approximate surface area is 146 Å². The first kappa shape index (κ1) is 19.3. The summed E-state index contributed by atoms with van der Waals surface area (Å²) < 4.78 is 24.2. The topological polar surface area (TPSA) is 84.9 Å². The van der Waals surface area contributed by atoms with Gasteiger partial charge < -0.3 is 19.9 Å². The lowest BCUT2D eigenvalue weighted by molar-refractivity contribution is -0.150. The van der Waals surface area contributed by atoms with Crippen LogP contribution in [0.5, 0.6) is 0 Å². The van der Waals surface area contributed by atoms with Crippen molar-refractivity contribution in [3.8, 4) is 0 Å². The normalized spacial score (nSPS) is 21.2. The molecular weight excluding hydrogens is 329 g/mol. The molecule has 2 N–H and O–H groups in total. The van der Waals surface area contributed by atoms with Gasteiger partial charge in [-0.3, -0.25) is 4.79 Å². The Balaban J connectivity index is 1.99. The number of carboxylic acids is 1. The Bertz CT molecular complexity index is 600. The van der Waals surface area contributed by atoms with E-state index in [9.17, 15) is 19.1 Å². The summed E-state index contributed by atoms with van der Waals surface area (Å²) in [5, 5.41) is 12.0. The Morgan fingerprint density at radius 1 is 1.40 bits per heavy atom. The molecule has 7 heteroatoms. The molecule has 3 unspecified atom stereocenters. The third-order valence-corrected chi connectivity index (χ3v) is 4.40. The molecule has 138 valence electrons. The molecule has 1 aromatic carbocycles. The summed E-state index contributed by atoms with van der Waals surface area (Å²) in [5.74, 6) is -2.27. The summed E-state index contributed by atoms with van der Waals surface area (Å²) in [6, 6.07) is 4.99. The maximum atomic E-state index is 13.1. The van der Waals surface area contributed by atoms with Crippen LogP contribution in [0.4, 0.5) is 4.39 Å². The van der Waals surface area contributed by atoms with Gasteiger partial charge in [0.15, 0.2) is 5.54 Å². The molecule has 0 bridgehead atoms. The zero-order valence-corrected chi connectivity index (χ0v) is 14.5. The molecule has 3 atom stereocenters. The van der Waals surface area contributed by atoms with E-state index in [4.69, 9.17) is 9.47 Å². The lowest BCUT2D eigenvalue weighted by Gasteiger charge is -2.29. The van der Waals surface area contributed by atoms with Gasteiger partial charge in [-0.15, -0.1) is 0 Å². The number of aliphatic carboxylic acids is 1. The molecule has 1 heterocycles. The molecule has 6 nitrogen and oxygen atoms in total. The Hall–Kier alpha value is -1.99. The average molecular weight is 353 g/mol. The smallest absolute Gasteiger partial charge is 0.333 e. The summed E-state index contributed by atoms with van der Waals surface area (Å²) in [5.41, 5.74) is -1.40. The lowest BCUT2D eigenvalue weighted by Crippen LogP contribution is -2.52. The molecule has 0 aromatic heterocycles. The molecule has 0 saturated carbocycles. The van der Waals surface area contributed by atoms with Gasteiger partial charge in [0, 0.05) is 6.61 Å². The molecule has 0 spiro atoms. The number of benzene rings is 1. The van der Waals surface area contributed by atoms with E-state index in [-0.39, 0.29) is 18.3 Å². The SMILES string of the molecule is CC(OCC1CCCCO1)C(=O)NC(C)(C(=O)O)c1ccc(F)cc1. The number of rotatable bonds is 7. The van der Waals surface area contributed by atoms with Gasteiger partial charge in [-0.05, 0) is 50.8 Å². The highest BCUT2D eigenvalue weighted by Crippen LogP contribution is 2.22. The fourth-order valence-corrected chi connectivity index (χ4v) is 2.65. The third kappa shape index (κ3) is 4.99. The van der Waals surface area contributed by atoms with Gasteiger partial charge in [-0.2, -0.15) is 0 Å². The molecule has 1 aliphatic rings. The van der Waals surface area contributed by atoms with Crippen LogP contribution in [0.1, 0.15) is 38.7 Å². The fraction of sp³-hybridized carbons (Fsp3) is 0.556. The first-order chi connectivity index (χ1) is 11.8. The highest BCUT2D eigenvalue weighted by Gasteiger charge is 2.38. The number of halogens is 1. The van der Waals surface area contributed by atoms with Crippen molar-refractivity contribution in [3.05, 3.63) is 35.6 Å². The summed E-state index contributed by atoms with van der Waals surface area (Å²) in [6.07, 6.45) is 2.12. The van der Waals surface area contributed by atoms with E-state index >= 15 is 0 Å². The van der Waals surface area contributed by atoms with Crippen LogP contribution in [0.25, 0.3) is 0 Å². The van der Waals surface area contributed by atoms with Crippen LogP contribution in [-0.2, 0) is 24.6 Å². The molecule has 1 aromatic rings. The van der Waals surface area contributed by atoms with Gasteiger partial charge in [0.2, 0.25) is 5.91 Å². The maximum absolute atomic E-state index is 13.1. The second kappa shape index (κ2) is 8.40. The van der Waals surface area contributed by atoms with Crippen LogP contribution in [-0.4, -0.2) is 42.4 Å². The zero-order chi connectivity index (χ0) is 18.4. The summed E-state index contributed by atoms with van der Waals surface area (Å²) in [7, 11) is 0. The second-order valence-corrected chi connectivity index (χ2v) is 6.39. The molecule has 0 aliphatic carbocycles. The number of ether oxygens (including phenoxy) is 2. The molecule has 1 aliphatic heterocycles. The van der Waals surface area contributed by atoms with E-state index in [2.05, 4.69) is 5.32 Å². The van der Waals surface area contributed by atoms with Crippen molar-refractivity contribution in [3.63, 3.8) is 0 Å². The Morgan fingerprint density at radius 2 is 2.08 bits per heavy atom. The predicted octanol–water partition coefficient (Wildman–Crippen LogP) is 2.22. The van der Waals surface area contributed by atoms with Crippen molar-refractivity contribution in [2.45, 2.75) is 50.9 Å². The molecule has 2 rings (SSSR count). The van der Waals surface area contributed by atoms with Gasteiger partial charge in [-0.25, -0.2) is 9.18 Å².